The van der Waals surface area contributed by atoms with E-state index in [1.807, 2.05) is 0 Å². The predicted molar refractivity (Wildman–Crippen MR) is 56.0 cm³/mol. The molecule has 0 aliphatic heterocycles. The summed E-state index contributed by atoms with van der Waals surface area (Å²) in [6, 6.07) is 1.93. The lowest BCUT2D eigenvalue weighted by atomic mass is 9.95. The maximum absolute atomic E-state index is 11.4. The zero-order chi connectivity index (χ0) is 11.5. The van der Waals surface area contributed by atoms with E-state index in [0.29, 0.717) is 5.92 Å². The molecule has 2 rings (SSSR count). The first-order valence-corrected chi connectivity index (χ1v) is 5.66. The van der Waals surface area contributed by atoms with E-state index in [-0.39, 0.29) is 12.6 Å². The minimum atomic E-state index is -0.704. The van der Waals surface area contributed by atoms with Crippen LogP contribution in [0.15, 0.2) is 0 Å². The molecule has 3 atom stereocenters. The van der Waals surface area contributed by atoms with Gasteiger partial charge in [0.2, 0.25) is 0 Å². The average molecular weight is 221 g/mol. The fourth-order valence-electron chi connectivity index (χ4n) is 2.86. The van der Waals surface area contributed by atoms with Gasteiger partial charge in [0.1, 0.15) is 6.54 Å². The Morgan fingerprint density at radius 3 is 2.62 bits per heavy atom. The Bertz CT molecular complexity index is 348. The number of carbonyl (C=O) groups excluding carboxylic acids is 2. The van der Waals surface area contributed by atoms with Crippen LogP contribution in [0.3, 0.4) is 0 Å². The molecule has 0 heterocycles. The Balaban J connectivity index is 1.79. The van der Waals surface area contributed by atoms with Crippen molar-refractivity contribution in [3.8, 4) is 6.07 Å². The van der Waals surface area contributed by atoms with E-state index in [2.05, 4.69) is 10.6 Å². The highest BCUT2D eigenvalue weighted by atomic mass is 16.2. The zero-order valence-electron chi connectivity index (χ0n) is 9.03. The molecular formula is C11H15N3O2. The highest BCUT2D eigenvalue weighted by molar-refractivity contribution is 6.35. The number of nitriles is 1. The van der Waals surface area contributed by atoms with E-state index < -0.39 is 11.8 Å². The lowest BCUT2D eigenvalue weighted by molar-refractivity contribution is -0.139. The smallest absolute Gasteiger partial charge is 0.310 e. The van der Waals surface area contributed by atoms with Gasteiger partial charge in [0.15, 0.2) is 0 Å². The van der Waals surface area contributed by atoms with E-state index >= 15 is 0 Å². The normalized spacial score (nSPS) is 30.8. The van der Waals surface area contributed by atoms with Gasteiger partial charge in [-0.3, -0.25) is 9.59 Å². The van der Waals surface area contributed by atoms with Crippen LogP contribution in [0.2, 0.25) is 0 Å². The largest absolute Gasteiger partial charge is 0.345 e. The van der Waals surface area contributed by atoms with Crippen LogP contribution in [0.5, 0.6) is 0 Å². The maximum Gasteiger partial charge on any atom is 0.310 e. The van der Waals surface area contributed by atoms with Crippen LogP contribution in [0.4, 0.5) is 0 Å². The second-order valence-electron chi connectivity index (χ2n) is 4.60. The third-order valence-corrected chi connectivity index (χ3v) is 3.59. The number of carbonyl (C=O) groups is 2. The minimum absolute atomic E-state index is 0.122. The average Bonchev–Trinajstić information content (AvgIpc) is 2.87. The number of fused-ring (bicyclic) bond motifs is 2. The molecule has 16 heavy (non-hydrogen) atoms. The first-order valence-electron chi connectivity index (χ1n) is 5.66. The van der Waals surface area contributed by atoms with Crippen molar-refractivity contribution in [1.82, 2.24) is 10.6 Å². The Morgan fingerprint density at radius 1 is 1.25 bits per heavy atom. The monoisotopic (exact) mass is 221 g/mol. The molecule has 2 saturated carbocycles. The van der Waals surface area contributed by atoms with Gasteiger partial charge in [0, 0.05) is 6.04 Å². The number of hydrogen-bond acceptors (Lipinski definition) is 3. The molecule has 3 unspecified atom stereocenters. The van der Waals surface area contributed by atoms with Crippen molar-refractivity contribution in [2.45, 2.75) is 31.7 Å². The van der Waals surface area contributed by atoms with Crippen molar-refractivity contribution in [3.63, 3.8) is 0 Å². The van der Waals surface area contributed by atoms with Crippen LogP contribution in [-0.4, -0.2) is 24.4 Å². The van der Waals surface area contributed by atoms with Crippen LogP contribution >= 0.6 is 0 Å². The van der Waals surface area contributed by atoms with Crippen molar-refractivity contribution >= 4 is 11.8 Å². The standard InChI is InChI=1S/C11H15N3O2/c12-3-4-13-10(15)11(16)14-9-6-7-1-2-8(9)5-7/h7-9H,1-2,4-6H2,(H,13,15)(H,14,16). The first kappa shape index (κ1) is 10.9. The van der Waals surface area contributed by atoms with Crippen molar-refractivity contribution in [1.29, 1.82) is 5.26 Å². The topological polar surface area (TPSA) is 82.0 Å². The van der Waals surface area contributed by atoms with Gasteiger partial charge in [-0.1, -0.05) is 6.42 Å². The lowest BCUT2D eigenvalue weighted by Crippen LogP contribution is -2.46. The first-order chi connectivity index (χ1) is 7.70. The number of rotatable bonds is 2. The quantitative estimate of drug-likeness (QED) is 0.506. The van der Waals surface area contributed by atoms with Gasteiger partial charge >= 0.3 is 11.8 Å². The lowest BCUT2D eigenvalue weighted by Gasteiger charge is -2.22. The van der Waals surface area contributed by atoms with Gasteiger partial charge in [-0.05, 0) is 31.1 Å². The van der Waals surface area contributed by atoms with Gasteiger partial charge in [-0.2, -0.15) is 5.26 Å². The summed E-state index contributed by atoms with van der Waals surface area (Å²) in [5, 5.41) is 13.3. The summed E-state index contributed by atoms with van der Waals surface area (Å²) in [5.74, 6) is -0.0210. The SMILES string of the molecule is N#CCNC(=O)C(=O)NC1CC2CCC1C2. The van der Waals surface area contributed by atoms with E-state index in [0.717, 1.165) is 18.8 Å². The van der Waals surface area contributed by atoms with Crippen molar-refractivity contribution in [2.24, 2.45) is 11.8 Å². The fraction of sp³-hybridized carbons (Fsp3) is 0.727. The second kappa shape index (κ2) is 4.52. The predicted octanol–water partition coefficient (Wildman–Crippen LogP) is -0.0690. The highest BCUT2D eigenvalue weighted by Gasteiger charge is 2.40. The molecule has 2 N–H and O–H groups in total. The van der Waals surface area contributed by atoms with Gasteiger partial charge in [-0.25, -0.2) is 0 Å². The van der Waals surface area contributed by atoms with Crippen molar-refractivity contribution in [3.05, 3.63) is 0 Å². The summed E-state index contributed by atoms with van der Waals surface area (Å²) < 4.78 is 0. The van der Waals surface area contributed by atoms with Crippen molar-refractivity contribution < 1.29 is 9.59 Å². The molecule has 86 valence electrons. The Labute approximate surface area is 94.2 Å². The van der Waals surface area contributed by atoms with E-state index in [9.17, 15) is 9.59 Å². The third kappa shape index (κ3) is 2.16. The molecule has 0 spiro atoms. The van der Waals surface area contributed by atoms with Gasteiger partial charge < -0.3 is 10.6 Å². The van der Waals surface area contributed by atoms with E-state index in [4.69, 9.17) is 5.26 Å². The zero-order valence-corrected chi connectivity index (χ0v) is 9.03. The summed E-state index contributed by atoms with van der Waals surface area (Å²) in [5.41, 5.74) is 0. The molecule has 5 nitrogen and oxygen atoms in total. The van der Waals surface area contributed by atoms with Gasteiger partial charge in [-0.15, -0.1) is 0 Å². The molecule has 0 radical (unpaired) electrons. The molecule has 0 saturated heterocycles. The van der Waals surface area contributed by atoms with Crippen LogP contribution in [0.1, 0.15) is 25.7 Å². The Hall–Kier alpha value is -1.57. The Kier molecular flexibility index (Phi) is 3.09. The van der Waals surface area contributed by atoms with Crippen LogP contribution in [-0.2, 0) is 9.59 Å². The molecular weight excluding hydrogens is 206 g/mol. The molecule has 2 aliphatic rings. The van der Waals surface area contributed by atoms with E-state index in [1.165, 1.54) is 12.8 Å². The number of hydrogen-bond donors (Lipinski definition) is 2. The molecule has 2 aliphatic carbocycles. The van der Waals surface area contributed by atoms with Crippen LogP contribution in [0.25, 0.3) is 0 Å². The second-order valence-corrected chi connectivity index (χ2v) is 4.60. The van der Waals surface area contributed by atoms with Gasteiger partial charge in [0.05, 0.1) is 6.07 Å². The van der Waals surface area contributed by atoms with Crippen LogP contribution in [0, 0.1) is 23.2 Å². The summed E-state index contributed by atoms with van der Waals surface area (Å²) in [6.45, 7) is -0.122. The van der Waals surface area contributed by atoms with Crippen LogP contribution < -0.4 is 10.6 Å². The fourth-order valence-corrected chi connectivity index (χ4v) is 2.86. The highest BCUT2D eigenvalue weighted by Crippen LogP contribution is 2.44. The molecule has 2 amide bonds. The molecule has 2 bridgehead atoms. The van der Waals surface area contributed by atoms with E-state index in [1.54, 1.807) is 6.07 Å². The van der Waals surface area contributed by atoms with Gasteiger partial charge in [0.25, 0.3) is 0 Å². The summed E-state index contributed by atoms with van der Waals surface area (Å²) >= 11 is 0. The summed E-state index contributed by atoms with van der Waals surface area (Å²) in [6.07, 6.45) is 4.61. The minimum Gasteiger partial charge on any atom is -0.345 e. The Morgan fingerprint density at radius 2 is 2.06 bits per heavy atom. The molecule has 2 fully saturated rings. The maximum atomic E-state index is 11.4. The summed E-state index contributed by atoms with van der Waals surface area (Å²) in [7, 11) is 0. The molecule has 0 aromatic heterocycles. The summed E-state index contributed by atoms with van der Waals surface area (Å²) in [4.78, 5) is 22.7. The molecule has 5 heteroatoms. The number of nitrogens with one attached hydrogen (secondary N) is 2. The number of nitrogens with zero attached hydrogens (tertiary/aromatic N) is 1. The van der Waals surface area contributed by atoms with Crippen molar-refractivity contribution in [2.75, 3.05) is 6.54 Å². The molecule has 0 aromatic rings. The molecule has 0 aromatic carbocycles. The number of amides is 2. The third-order valence-electron chi connectivity index (χ3n) is 3.59.